The van der Waals surface area contributed by atoms with Crippen molar-refractivity contribution in [1.29, 1.82) is 0 Å². The maximum atomic E-state index is 11.5. The quantitative estimate of drug-likeness (QED) is 0.885. The Morgan fingerprint density at radius 2 is 1.81 bits per heavy atom. The van der Waals surface area contributed by atoms with E-state index in [2.05, 4.69) is 6.07 Å². The Morgan fingerprint density at radius 1 is 1.05 bits per heavy atom. The third-order valence-electron chi connectivity index (χ3n) is 3.71. The van der Waals surface area contributed by atoms with Crippen LogP contribution >= 0.6 is 0 Å². The number of sulfone groups is 1. The molecule has 1 aliphatic carbocycles. The first-order chi connectivity index (χ1) is 9.93. The summed E-state index contributed by atoms with van der Waals surface area (Å²) >= 11 is 0. The summed E-state index contributed by atoms with van der Waals surface area (Å²) in [4.78, 5) is 0.196. The molecule has 4 nitrogen and oxygen atoms in total. The van der Waals surface area contributed by atoms with Crippen LogP contribution in [-0.2, 0) is 22.7 Å². The lowest BCUT2D eigenvalue weighted by atomic mass is 10.1. The highest BCUT2D eigenvalue weighted by Gasteiger charge is 2.13. The van der Waals surface area contributed by atoms with Gasteiger partial charge >= 0.3 is 0 Å². The van der Waals surface area contributed by atoms with Crippen LogP contribution in [0.25, 0.3) is 0 Å². The molecule has 2 aromatic carbocycles. The monoisotopic (exact) mass is 303 g/mol. The largest absolute Gasteiger partial charge is 0.455 e. The van der Waals surface area contributed by atoms with Crippen molar-refractivity contribution in [3.05, 3.63) is 47.5 Å². The van der Waals surface area contributed by atoms with Crippen LogP contribution in [0.1, 0.15) is 17.5 Å². The van der Waals surface area contributed by atoms with Crippen molar-refractivity contribution in [3.63, 3.8) is 0 Å². The fourth-order valence-corrected chi connectivity index (χ4v) is 3.25. The topological polar surface area (TPSA) is 69.4 Å². The van der Waals surface area contributed by atoms with Crippen LogP contribution in [0.4, 0.5) is 5.69 Å². The molecular formula is C16H17NO3S. The first kappa shape index (κ1) is 13.9. The zero-order chi connectivity index (χ0) is 15.0. The number of hydrogen-bond acceptors (Lipinski definition) is 4. The van der Waals surface area contributed by atoms with Crippen LogP contribution in [0.5, 0.6) is 11.5 Å². The second kappa shape index (κ2) is 5.07. The number of ether oxygens (including phenoxy) is 1. The molecule has 0 saturated carbocycles. The first-order valence-electron chi connectivity index (χ1n) is 6.83. The molecule has 0 atom stereocenters. The Kier molecular flexibility index (Phi) is 3.37. The van der Waals surface area contributed by atoms with Gasteiger partial charge in [0, 0.05) is 6.26 Å². The fourth-order valence-electron chi connectivity index (χ4n) is 2.59. The summed E-state index contributed by atoms with van der Waals surface area (Å²) in [6.45, 7) is 0. The van der Waals surface area contributed by atoms with E-state index in [1.54, 1.807) is 6.07 Å². The molecule has 2 aromatic rings. The first-order valence-corrected chi connectivity index (χ1v) is 8.72. The molecule has 0 spiro atoms. The third kappa shape index (κ3) is 2.88. The van der Waals surface area contributed by atoms with Crippen molar-refractivity contribution in [2.45, 2.75) is 24.2 Å². The van der Waals surface area contributed by atoms with E-state index < -0.39 is 9.84 Å². The van der Waals surface area contributed by atoms with Gasteiger partial charge in [-0.25, -0.2) is 8.42 Å². The number of nitrogen functional groups attached to an aromatic ring is 1. The molecule has 3 rings (SSSR count). The molecule has 0 amide bonds. The summed E-state index contributed by atoms with van der Waals surface area (Å²) in [5.41, 5.74) is 8.90. The predicted molar refractivity (Wildman–Crippen MR) is 82.5 cm³/mol. The summed E-state index contributed by atoms with van der Waals surface area (Å²) in [6.07, 6.45) is 4.54. The lowest BCUT2D eigenvalue weighted by Gasteiger charge is -2.11. The van der Waals surface area contributed by atoms with Crippen molar-refractivity contribution >= 4 is 15.5 Å². The molecule has 21 heavy (non-hydrogen) atoms. The highest BCUT2D eigenvalue weighted by atomic mass is 32.2. The molecule has 5 heteroatoms. The van der Waals surface area contributed by atoms with Crippen molar-refractivity contribution in [2.24, 2.45) is 0 Å². The van der Waals surface area contributed by atoms with Crippen LogP contribution in [-0.4, -0.2) is 14.7 Å². The van der Waals surface area contributed by atoms with Gasteiger partial charge in [-0.05, 0) is 60.7 Å². The zero-order valence-corrected chi connectivity index (χ0v) is 12.6. The fraction of sp³-hybridized carbons (Fsp3) is 0.250. The van der Waals surface area contributed by atoms with Crippen LogP contribution in [0.3, 0.4) is 0 Å². The second-order valence-corrected chi connectivity index (χ2v) is 7.37. The van der Waals surface area contributed by atoms with Crippen molar-refractivity contribution in [1.82, 2.24) is 0 Å². The summed E-state index contributed by atoms with van der Waals surface area (Å²) in [5.74, 6) is 1.20. The molecule has 110 valence electrons. The number of aryl methyl sites for hydroxylation is 2. The lowest BCUT2D eigenvalue weighted by molar-refractivity contribution is 0.484. The zero-order valence-electron chi connectivity index (χ0n) is 11.8. The Morgan fingerprint density at radius 3 is 2.52 bits per heavy atom. The number of anilines is 1. The average molecular weight is 303 g/mol. The van der Waals surface area contributed by atoms with Crippen molar-refractivity contribution in [2.75, 3.05) is 12.0 Å². The van der Waals surface area contributed by atoms with Gasteiger partial charge in [0.05, 0.1) is 10.6 Å². The molecule has 0 bridgehead atoms. The number of rotatable bonds is 3. The highest BCUT2D eigenvalue weighted by Crippen LogP contribution is 2.32. The van der Waals surface area contributed by atoms with E-state index in [4.69, 9.17) is 10.5 Å². The Balaban J connectivity index is 1.88. The van der Waals surface area contributed by atoms with Crippen LogP contribution in [0.15, 0.2) is 41.3 Å². The minimum atomic E-state index is -3.26. The van der Waals surface area contributed by atoms with E-state index in [-0.39, 0.29) is 4.90 Å². The number of hydrogen-bond donors (Lipinski definition) is 1. The molecular weight excluding hydrogens is 286 g/mol. The smallest absolute Gasteiger partial charge is 0.175 e. The van der Waals surface area contributed by atoms with Gasteiger partial charge in [-0.2, -0.15) is 0 Å². The molecule has 0 fully saturated rings. The van der Waals surface area contributed by atoms with Crippen LogP contribution in [0, 0.1) is 0 Å². The maximum absolute atomic E-state index is 11.5. The Bertz CT molecular complexity index is 797. The number of fused-ring (bicyclic) bond motifs is 1. The Hall–Kier alpha value is -2.01. The van der Waals surface area contributed by atoms with Gasteiger partial charge in [0.1, 0.15) is 11.5 Å². The number of nitrogens with two attached hydrogens (primary N) is 1. The summed E-state index contributed by atoms with van der Waals surface area (Å²) in [7, 11) is -3.26. The highest BCUT2D eigenvalue weighted by molar-refractivity contribution is 7.90. The van der Waals surface area contributed by atoms with E-state index in [0.717, 1.165) is 24.8 Å². The van der Waals surface area contributed by atoms with Gasteiger partial charge in [0.2, 0.25) is 0 Å². The standard InChI is InChI=1S/C16H17NO3S/c1-21(18,19)14-7-8-16(15(17)10-14)20-13-6-5-11-3-2-4-12(11)9-13/h5-10H,2-4,17H2,1H3. The Labute approximate surface area is 124 Å². The molecule has 2 N–H and O–H groups in total. The lowest BCUT2D eigenvalue weighted by Crippen LogP contribution is -2.00. The predicted octanol–water partition coefficient (Wildman–Crippen LogP) is 2.95. The maximum Gasteiger partial charge on any atom is 0.175 e. The van der Waals surface area contributed by atoms with Crippen molar-refractivity contribution < 1.29 is 13.2 Å². The van der Waals surface area contributed by atoms with Gasteiger partial charge in [-0.3, -0.25) is 0 Å². The molecule has 0 radical (unpaired) electrons. The minimum absolute atomic E-state index is 0.196. The molecule has 0 heterocycles. The SMILES string of the molecule is CS(=O)(=O)c1ccc(Oc2ccc3c(c2)CCC3)c(N)c1. The van der Waals surface area contributed by atoms with Gasteiger partial charge in [0.15, 0.2) is 9.84 Å². The van der Waals surface area contributed by atoms with Crippen molar-refractivity contribution in [3.8, 4) is 11.5 Å². The molecule has 0 saturated heterocycles. The average Bonchev–Trinajstić information content (AvgIpc) is 2.87. The normalized spacial score (nSPS) is 14.0. The van der Waals surface area contributed by atoms with Gasteiger partial charge < -0.3 is 10.5 Å². The molecule has 0 unspecified atom stereocenters. The van der Waals surface area contributed by atoms with E-state index in [1.165, 1.54) is 29.7 Å². The van der Waals surface area contributed by atoms with Crippen LogP contribution in [0.2, 0.25) is 0 Å². The molecule has 0 aliphatic heterocycles. The third-order valence-corrected chi connectivity index (χ3v) is 4.82. The summed E-state index contributed by atoms with van der Waals surface area (Å²) in [6, 6.07) is 10.6. The van der Waals surface area contributed by atoms with Gasteiger partial charge in [0.25, 0.3) is 0 Å². The van der Waals surface area contributed by atoms with Gasteiger partial charge in [-0.15, -0.1) is 0 Å². The molecule has 1 aliphatic rings. The van der Waals surface area contributed by atoms with Crippen LogP contribution < -0.4 is 10.5 Å². The second-order valence-electron chi connectivity index (χ2n) is 5.36. The minimum Gasteiger partial charge on any atom is -0.455 e. The van der Waals surface area contributed by atoms with Gasteiger partial charge in [-0.1, -0.05) is 6.07 Å². The number of benzene rings is 2. The molecule has 0 aromatic heterocycles. The van der Waals surface area contributed by atoms with E-state index >= 15 is 0 Å². The summed E-state index contributed by atoms with van der Waals surface area (Å²) in [5, 5.41) is 0. The van der Waals surface area contributed by atoms with E-state index in [0.29, 0.717) is 11.4 Å². The van der Waals surface area contributed by atoms with E-state index in [9.17, 15) is 8.42 Å². The summed E-state index contributed by atoms with van der Waals surface area (Å²) < 4.78 is 28.8. The van der Waals surface area contributed by atoms with E-state index in [1.807, 2.05) is 12.1 Å².